The predicted octanol–water partition coefficient (Wildman–Crippen LogP) is 10.2. The fraction of sp³-hybridized carbons (Fsp3) is 0.286. The van der Waals surface area contributed by atoms with Crippen molar-refractivity contribution in [1.29, 1.82) is 0 Å². The van der Waals surface area contributed by atoms with Gasteiger partial charge in [-0.1, -0.05) is 100 Å². The number of fused-ring (bicyclic) bond motifs is 3. The Labute approximate surface area is 300 Å². The molecule has 1 aromatic heterocycles. The number of nitrogens with zero attached hydrogens (tertiary/aromatic N) is 2. The molecule has 1 radical (unpaired) electrons. The molecule has 6 heteroatoms. The summed E-state index contributed by atoms with van der Waals surface area (Å²) in [5, 5.41) is 13.9. The Morgan fingerprint density at radius 1 is 0.812 bits per heavy atom. The van der Waals surface area contributed by atoms with Gasteiger partial charge in [0, 0.05) is 66.2 Å². The number of hydrogen-bond acceptors (Lipinski definition) is 4. The van der Waals surface area contributed by atoms with Gasteiger partial charge in [0.15, 0.2) is 5.78 Å². The van der Waals surface area contributed by atoms with Crippen molar-refractivity contribution in [3.63, 3.8) is 0 Å². The Kier molecular flexibility index (Phi) is 10.9. The van der Waals surface area contributed by atoms with Gasteiger partial charge in [-0.25, -0.2) is 0 Å². The van der Waals surface area contributed by atoms with Gasteiger partial charge in [0.05, 0.1) is 19.3 Å². The molecule has 0 saturated carbocycles. The third-order valence-electron chi connectivity index (χ3n) is 10.2. The number of carbonyl (C=O) groups is 1. The van der Waals surface area contributed by atoms with Crippen molar-refractivity contribution >= 4 is 52.2 Å². The minimum absolute atomic E-state index is 0. The van der Waals surface area contributed by atoms with E-state index in [-0.39, 0.29) is 43.5 Å². The number of aliphatic hydroxyl groups excluding tert-OH is 1. The third-order valence-corrected chi connectivity index (χ3v) is 13.7. The molecule has 0 fully saturated rings. The van der Waals surface area contributed by atoms with Crippen LogP contribution in [0.1, 0.15) is 53.4 Å². The first-order chi connectivity index (χ1) is 22.7. The van der Waals surface area contributed by atoms with Crippen LogP contribution in [0.2, 0.25) is 13.1 Å². The van der Waals surface area contributed by atoms with Gasteiger partial charge in [-0.3, -0.25) is 9.78 Å². The predicted molar refractivity (Wildman–Crippen MR) is 200 cm³/mol. The van der Waals surface area contributed by atoms with Gasteiger partial charge >= 0.3 is 0 Å². The Morgan fingerprint density at radius 3 is 2.15 bits per heavy atom. The van der Waals surface area contributed by atoms with Gasteiger partial charge in [0.25, 0.3) is 0 Å². The standard InChI is InChI=1S/C29H21N2Si.C13H24O2.Ir/c1-32(2)25-16-8-13-21-27(25)28-23(15-9-17-26(28)32)31(20-11-4-3-5-12-20)24-18-19-10-6-7-14-22(19)30-29(21)24;1-5-10(6-2)12(14)9-13(15)11(7-3)8-4;/h3-12,14-18H,1-2H3;9-11,14H,5-8H2,1-4H3;/q-1;;/b;12-9-;. The van der Waals surface area contributed by atoms with Crippen LogP contribution in [-0.4, -0.2) is 23.9 Å². The zero-order valence-corrected chi connectivity index (χ0v) is 32.2. The average molecular weight is 830 g/mol. The molecule has 0 bridgehead atoms. The number of hydrogen-bond donors (Lipinski definition) is 1. The maximum atomic E-state index is 11.7. The molecule has 48 heavy (non-hydrogen) atoms. The summed E-state index contributed by atoms with van der Waals surface area (Å²) in [7, 11) is -1.81. The van der Waals surface area contributed by atoms with Crippen LogP contribution >= 0.6 is 0 Å². The second-order valence-corrected chi connectivity index (χ2v) is 17.5. The fourth-order valence-electron chi connectivity index (χ4n) is 7.34. The zero-order chi connectivity index (χ0) is 33.3. The normalized spacial score (nSPS) is 13.8. The molecular weight excluding hydrogens is 785 g/mol. The molecule has 4 aromatic carbocycles. The van der Waals surface area contributed by atoms with Crippen molar-refractivity contribution < 1.29 is 30.0 Å². The molecule has 2 aliphatic heterocycles. The Hall–Kier alpha value is -3.83. The van der Waals surface area contributed by atoms with E-state index in [4.69, 9.17) is 4.98 Å². The summed E-state index contributed by atoms with van der Waals surface area (Å²) in [6.45, 7) is 13.0. The van der Waals surface area contributed by atoms with Gasteiger partial charge in [-0.2, -0.15) is 0 Å². The van der Waals surface area contributed by atoms with Crippen LogP contribution in [-0.2, 0) is 24.9 Å². The van der Waals surface area contributed by atoms with E-state index < -0.39 is 8.07 Å². The first kappa shape index (κ1) is 35.5. The molecule has 0 aliphatic carbocycles. The number of allylic oxidation sites excluding steroid dienone is 2. The van der Waals surface area contributed by atoms with Crippen molar-refractivity contribution in [3.05, 3.63) is 109 Å². The zero-order valence-electron chi connectivity index (χ0n) is 28.8. The molecule has 249 valence electrons. The monoisotopic (exact) mass is 830 g/mol. The van der Waals surface area contributed by atoms with Crippen LogP contribution in [0, 0.1) is 17.9 Å². The third kappa shape index (κ3) is 6.22. The number of para-hydroxylation sites is 2. The summed E-state index contributed by atoms with van der Waals surface area (Å²) >= 11 is 0. The van der Waals surface area contributed by atoms with Crippen molar-refractivity contribution in [1.82, 2.24) is 4.98 Å². The number of ketones is 1. The van der Waals surface area contributed by atoms with Crippen LogP contribution in [0.25, 0.3) is 33.3 Å². The SMILES string of the molecule is CCC(CC)C(=O)/C=C(\O)C(CC)CC.C[Si]1(C)c2cc[c-]c3c2-c2c(cccc21)N(c1ccccc1)c1cc2ccccc2nc1-3.[Ir]. The summed E-state index contributed by atoms with van der Waals surface area (Å²) < 4.78 is 0. The van der Waals surface area contributed by atoms with Gasteiger partial charge in [0.1, 0.15) is 0 Å². The van der Waals surface area contributed by atoms with E-state index in [0.717, 1.165) is 59.2 Å². The molecule has 0 atom stereocenters. The quantitative estimate of drug-likeness (QED) is 0.0719. The van der Waals surface area contributed by atoms with Gasteiger partial charge in [0.2, 0.25) is 0 Å². The number of aliphatic hydroxyl groups is 1. The summed E-state index contributed by atoms with van der Waals surface area (Å²) in [6, 6.07) is 36.2. The summed E-state index contributed by atoms with van der Waals surface area (Å²) in [6.07, 6.45) is 4.91. The van der Waals surface area contributed by atoms with Crippen molar-refractivity contribution in [2.24, 2.45) is 11.8 Å². The number of pyridine rings is 1. The fourth-order valence-corrected chi connectivity index (χ4v) is 10.4. The van der Waals surface area contributed by atoms with Crippen LogP contribution in [0.15, 0.2) is 103 Å². The Morgan fingerprint density at radius 2 is 1.46 bits per heavy atom. The number of aromatic nitrogens is 1. The van der Waals surface area contributed by atoms with Crippen molar-refractivity contribution in [2.45, 2.75) is 66.5 Å². The van der Waals surface area contributed by atoms with E-state index in [0.29, 0.717) is 0 Å². The van der Waals surface area contributed by atoms with E-state index in [9.17, 15) is 9.90 Å². The Balaban J connectivity index is 0.000000243. The molecule has 0 saturated heterocycles. The van der Waals surface area contributed by atoms with E-state index in [1.807, 2.05) is 27.7 Å². The van der Waals surface area contributed by atoms with Crippen molar-refractivity contribution in [2.75, 3.05) is 4.90 Å². The van der Waals surface area contributed by atoms with Gasteiger partial charge in [-0.15, -0.1) is 28.9 Å². The van der Waals surface area contributed by atoms with Crippen LogP contribution < -0.4 is 15.3 Å². The minimum Gasteiger partial charge on any atom is -0.512 e. The molecule has 5 aromatic rings. The summed E-state index contributed by atoms with van der Waals surface area (Å²) in [5.74, 6) is 0.547. The maximum absolute atomic E-state index is 11.7. The largest absolute Gasteiger partial charge is 0.512 e. The van der Waals surface area contributed by atoms with Crippen molar-refractivity contribution in [3.8, 4) is 22.4 Å². The van der Waals surface area contributed by atoms with Gasteiger partial charge < -0.3 is 10.0 Å². The molecule has 2 aliphatic rings. The molecule has 3 heterocycles. The molecule has 4 nitrogen and oxygen atoms in total. The number of rotatable bonds is 8. The number of carbonyl (C=O) groups excluding carboxylic acids is 1. The molecule has 1 N–H and O–H groups in total. The van der Waals surface area contributed by atoms with Crippen LogP contribution in [0.3, 0.4) is 0 Å². The smallest absolute Gasteiger partial charge is 0.162 e. The number of benzene rings is 4. The molecule has 0 unspecified atom stereocenters. The maximum Gasteiger partial charge on any atom is 0.162 e. The van der Waals surface area contributed by atoms with E-state index in [2.05, 4.69) is 115 Å². The van der Waals surface area contributed by atoms with Gasteiger partial charge in [-0.05, 0) is 61.6 Å². The Bertz CT molecular complexity index is 1960. The summed E-state index contributed by atoms with van der Waals surface area (Å²) in [4.78, 5) is 19.3. The van der Waals surface area contributed by atoms with E-state index in [1.165, 1.54) is 33.3 Å². The second-order valence-electron chi connectivity index (χ2n) is 13.2. The first-order valence-corrected chi connectivity index (χ1v) is 20.1. The minimum atomic E-state index is -1.81. The average Bonchev–Trinajstić information content (AvgIpc) is 3.25. The number of anilines is 3. The molecule has 7 rings (SSSR count). The van der Waals surface area contributed by atoms with Crippen LogP contribution in [0.5, 0.6) is 0 Å². The molecule has 0 amide bonds. The second kappa shape index (κ2) is 14.7. The summed E-state index contributed by atoms with van der Waals surface area (Å²) in [5.41, 5.74) is 9.39. The topological polar surface area (TPSA) is 53.4 Å². The molecular formula is C42H45IrN2O2Si-. The van der Waals surface area contributed by atoms with E-state index >= 15 is 0 Å². The van der Waals surface area contributed by atoms with Crippen LogP contribution in [0.4, 0.5) is 17.1 Å². The first-order valence-electron chi connectivity index (χ1n) is 17.1. The van der Waals surface area contributed by atoms with E-state index in [1.54, 1.807) is 0 Å². The molecule has 0 spiro atoms.